The van der Waals surface area contributed by atoms with Crippen molar-refractivity contribution in [3.63, 3.8) is 0 Å². The van der Waals surface area contributed by atoms with Crippen molar-refractivity contribution < 1.29 is 4.74 Å². The number of nitrogens with two attached hydrogens (primary N) is 1. The van der Waals surface area contributed by atoms with E-state index in [1.165, 1.54) is 31.6 Å². The fourth-order valence-corrected chi connectivity index (χ4v) is 3.20. The summed E-state index contributed by atoms with van der Waals surface area (Å²) in [5.41, 5.74) is 4.50. The highest BCUT2D eigenvalue weighted by molar-refractivity contribution is 7.87. The summed E-state index contributed by atoms with van der Waals surface area (Å²) in [7, 11) is 3.64. The van der Waals surface area contributed by atoms with E-state index in [-0.39, 0.29) is 0 Å². The normalized spacial score (nSPS) is 16.4. The third-order valence-electron chi connectivity index (χ3n) is 2.21. The van der Waals surface area contributed by atoms with Crippen molar-refractivity contribution >= 4 is 10.7 Å². The lowest BCUT2D eigenvalue weighted by Gasteiger charge is -2.27. The van der Waals surface area contributed by atoms with E-state index in [9.17, 15) is 0 Å². The Balaban J connectivity index is 0. The number of ether oxygens (including phenoxy) is 1. The van der Waals surface area contributed by atoms with Crippen molar-refractivity contribution in [1.82, 2.24) is 4.90 Å². The van der Waals surface area contributed by atoms with Crippen LogP contribution in [0.1, 0.15) is 20.8 Å². The molecular formula is C12H31N3OS. The van der Waals surface area contributed by atoms with Crippen LogP contribution < -0.4 is 5.73 Å². The van der Waals surface area contributed by atoms with Crippen LogP contribution in [0, 0.1) is 0 Å². The molecule has 1 aliphatic heterocycles. The Morgan fingerprint density at radius 2 is 1.76 bits per heavy atom. The topological polar surface area (TPSA) is 50.8 Å². The Morgan fingerprint density at radius 1 is 1.24 bits per heavy atom. The van der Waals surface area contributed by atoms with E-state index >= 15 is 0 Å². The quantitative estimate of drug-likeness (QED) is 0.835. The molecule has 17 heavy (non-hydrogen) atoms. The number of methoxy groups -OCH3 is 1. The van der Waals surface area contributed by atoms with Gasteiger partial charge in [0.05, 0.1) is 6.61 Å². The molecule has 0 aromatic carbocycles. The highest BCUT2D eigenvalue weighted by atomic mass is 32.2. The first-order chi connectivity index (χ1) is 8.36. The molecule has 0 amide bonds. The fraction of sp³-hybridized carbons (Fsp3) is 1.00. The van der Waals surface area contributed by atoms with Crippen molar-refractivity contribution in [2.75, 3.05) is 58.4 Å². The van der Waals surface area contributed by atoms with Gasteiger partial charge in [0.15, 0.2) is 0 Å². The predicted octanol–water partition coefficient (Wildman–Crippen LogP) is 1.37. The maximum atomic E-state index is 5.06. The summed E-state index contributed by atoms with van der Waals surface area (Å²) in [6.07, 6.45) is 0. The second-order valence-electron chi connectivity index (χ2n) is 3.15. The zero-order valence-corrected chi connectivity index (χ0v) is 13.1. The zero-order valence-electron chi connectivity index (χ0n) is 12.2. The van der Waals surface area contributed by atoms with Crippen LogP contribution in [0.25, 0.3) is 0 Å². The van der Waals surface area contributed by atoms with Crippen LogP contribution in [0.3, 0.4) is 0 Å². The third-order valence-corrected chi connectivity index (χ3v) is 4.14. The molecule has 1 heterocycles. The van der Waals surface area contributed by atoms with Crippen LogP contribution >= 0.6 is 0 Å². The molecule has 0 saturated carbocycles. The molecule has 2 N–H and O–H groups in total. The van der Waals surface area contributed by atoms with Gasteiger partial charge in [-0.1, -0.05) is 24.5 Å². The molecule has 0 bridgehead atoms. The van der Waals surface area contributed by atoms with Crippen molar-refractivity contribution in [2.45, 2.75) is 20.8 Å². The minimum atomic E-state index is 0.372. The molecular weight excluding hydrogens is 234 g/mol. The first kappa shape index (κ1) is 19.4. The first-order valence-electron chi connectivity index (χ1n) is 6.51. The molecule has 0 spiro atoms. The number of nitrogens with zero attached hydrogens (tertiary/aromatic N) is 2. The average Bonchev–Trinajstić information content (AvgIpc) is 2.43. The Morgan fingerprint density at radius 3 is 2.18 bits per heavy atom. The van der Waals surface area contributed by atoms with Gasteiger partial charge in [-0.25, -0.2) is 0 Å². The number of rotatable bonds is 4. The van der Waals surface area contributed by atoms with Crippen LogP contribution in [0.4, 0.5) is 0 Å². The predicted molar refractivity (Wildman–Crippen MR) is 79.8 cm³/mol. The van der Waals surface area contributed by atoms with Crippen molar-refractivity contribution in [3.8, 4) is 0 Å². The SMILES string of the molecule is CC.CCN=S1CCN(CCOC)CC1.CN. The number of hydrogen-bond donors (Lipinski definition) is 1. The molecule has 0 aliphatic carbocycles. The Bertz CT molecular complexity index is 167. The van der Waals surface area contributed by atoms with E-state index in [2.05, 4.69) is 21.9 Å². The molecule has 4 nitrogen and oxygen atoms in total. The smallest absolute Gasteiger partial charge is 0.0589 e. The summed E-state index contributed by atoms with van der Waals surface area (Å²) in [6.45, 7) is 11.5. The van der Waals surface area contributed by atoms with Gasteiger partial charge in [0, 0.05) is 44.8 Å². The third kappa shape index (κ3) is 10.9. The van der Waals surface area contributed by atoms with E-state index in [1.54, 1.807) is 7.11 Å². The van der Waals surface area contributed by atoms with Crippen LogP contribution in [0.15, 0.2) is 4.36 Å². The molecule has 106 valence electrons. The molecule has 0 aromatic heterocycles. The van der Waals surface area contributed by atoms with Gasteiger partial charge >= 0.3 is 0 Å². The van der Waals surface area contributed by atoms with E-state index in [1.807, 2.05) is 13.8 Å². The lowest BCUT2D eigenvalue weighted by atomic mass is 10.5. The summed E-state index contributed by atoms with van der Waals surface area (Å²) >= 11 is 0. The molecule has 0 atom stereocenters. The molecule has 1 aliphatic rings. The van der Waals surface area contributed by atoms with Gasteiger partial charge < -0.3 is 10.5 Å². The maximum absolute atomic E-state index is 5.06. The van der Waals surface area contributed by atoms with Crippen molar-refractivity contribution in [3.05, 3.63) is 0 Å². The lowest BCUT2D eigenvalue weighted by Crippen LogP contribution is -2.39. The van der Waals surface area contributed by atoms with Gasteiger partial charge in [-0.05, 0) is 14.0 Å². The van der Waals surface area contributed by atoms with Crippen LogP contribution in [0.5, 0.6) is 0 Å². The monoisotopic (exact) mass is 265 g/mol. The van der Waals surface area contributed by atoms with E-state index < -0.39 is 0 Å². The average molecular weight is 265 g/mol. The fourth-order valence-electron chi connectivity index (χ4n) is 1.44. The van der Waals surface area contributed by atoms with Gasteiger partial charge in [0.25, 0.3) is 0 Å². The Kier molecular flexibility index (Phi) is 18.3. The van der Waals surface area contributed by atoms with E-state index in [0.717, 1.165) is 19.7 Å². The van der Waals surface area contributed by atoms with Gasteiger partial charge in [0.1, 0.15) is 0 Å². The van der Waals surface area contributed by atoms with Gasteiger partial charge in [0.2, 0.25) is 0 Å². The second kappa shape index (κ2) is 16.0. The minimum Gasteiger partial charge on any atom is -0.383 e. The molecule has 0 radical (unpaired) electrons. The van der Waals surface area contributed by atoms with Crippen LogP contribution in [-0.4, -0.2) is 63.3 Å². The minimum absolute atomic E-state index is 0.372. The van der Waals surface area contributed by atoms with Gasteiger partial charge in [-0.2, -0.15) is 0 Å². The van der Waals surface area contributed by atoms with Gasteiger partial charge in [-0.3, -0.25) is 9.26 Å². The maximum Gasteiger partial charge on any atom is 0.0589 e. The molecule has 1 saturated heterocycles. The molecule has 0 aromatic rings. The summed E-state index contributed by atoms with van der Waals surface area (Å²) < 4.78 is 9.62. The second-order valence-corrected chi connectivity index (χ2v) is 5.15. The van der Waals surface area contributed by atoms with E-state index in [4.69, 9.17) is 4.74 Å². The van der Waals surface area contributed by atoms with Crippen LogP contribution in [-0.2, 0) is 15.4 Å². The highest BCUT2D eigenvalue weighted by Crippen LogP contribution is 2.02. The largest absolute Gasteiger partial charge is 0.383 e. The van der Waals surface area contributed by atoms with Crippen molar-refractivity contribution in [1.29, 1.82) is 0 Å². The molecule has 1 rings (SSSR count). The molecule has 5 heteroatoms. The first-order valence-corrected chi connectivity index (χ1v) is 8.03. The van der Waals surface area contributed by atoms with Crippen LogP contribution in [0.2, 0.25) is 0 Å². The summed E-state index contributed by atoms with van der Waals surface area (Å²) in [6, 6.07) is 0. The number of hydrogen-bond acceptors (Lipinski definition) is 4. The standard InChI is InChI=1S/C9H20N2OS.C2H6.CH5N/c1-3-10-13-8-5-11(6-9-13)4-7-12-2;2*1-2/h3-9H2,1-2H3;1-2H3;2H2,1H3. The van der Waals surface area contributed by atoms with Crippen molar-refractivity contribution in [2.24, 2.45) is 10.1 Å². The zero-order chi connectivity index (χ0) is 13.5. The Labute approximate surface area is 110 Å². The summed E-state index contributed by atoms with van der Waals surface area (Å²) in [5.74, 6) is 2.52. The molecule has 1 fully saturated rings. The highest BCUT2D eigenvalue weighted by Gasteiger charge is 2.12. The molecule has 0 unspecified atom stereocenters. The summed E-state index contributed by atoms with van der Waals surface area (Å²) in [4.78, 5) is 2.47. The Hall–Kier alpha value is 0.0300. The van der Waals surface area contributed by atoms with E-state index in [0.29, 0.717) is 10.7 Å². The summed E-state index contributed by atoms with van der Waals surface area (Å²) in [5, 5.41) is 0. The van der Waals surface area contributed by atoms with Gasteiger partial charge in [-0.15, -0.1) is 0 Å². The lowest BCUT2D eigenvalue weighted by molar-refractivity contribution is 0.153.